The van der Waals surface area contributed by atoms with E-state index in [0.29, 0.717) is 0 Å². The van der Waals surface area contributed by atoms with E-state index in [1.54, 1.807) is 0 Å². The van der Waals surface area contributed by atoms with Crippen molar-refractivity contribution >= 4 is 16.9 Å². The highest BCUT2D eigenvalue weighted by atomic mass is 16.4. The van der Waals surface area contributed by atoms with Crippen molar-refractivity contribution in [1.29, 1.82) is 0 Å². The molecule has 0 fully saturated rings. The minimum absolute atomic E-state index is 0.0822. The van der Waals surface area contributed by atoms with Gasteiger partial charge in [-0.15, -0.1) is 0 Å². The summed E-state index contributed by atoms with van der Waals surface area (Å²) in [5.41, 5.74) is 3.73. The molecule has 0 aliphatic rings. The zero-order chi connectivity index (χ0) is 15.9. The summed E-state index contributed by atoms with van der Waals surface area (Å²) in [6.45, 7) is 12.5. The average molecular weight is 288 g/mol. The molecule has 0 aliphatic heterocycles. The number of rotatable bonds is 3. The van der Waals surface area contributed by atoms with Gasteiger partial charge in [0.25, 0.3) is 0 Å². The van der Waals surface area contributed by atoms with Gasteiger partial charge in [0, 0.05) is 16.5 Å². The summed E-state index contributed by atoms with van der Waals surface area (Å²) < 4.78 is 5.78. The van der Waals surface area contributed by atoms with Crippen molar-refractivity contribution in [2.45, 2.75) is 59.3 Å². The van der Waals surface area contributed by atoms with Gasteiger partial charge < -0.3 is 9.52 Å². The van der Waals surface area contributed by atoms with Crippen LogP contribution in [0.15, 0.2) is 16.5 Å². The Bertz CT molecular complexity index is 685. The fraction of sp³-hybridized carbons (Fsp3) is 0.500. The van der Waals surface area contributed by atoms with Gasteiger partial charge in [0.15, 0.2) is 0 Å². The second-order valence-corrected chi connectivity index (χ2v) is 6.93. The normalized spacial score (nSPS) is 12.3. The fourth-order valence-electron chi connectivity index (χ4n) is 2.77. The number of hydrogen-bond donors (Lipinski definition) is 1. The molecular weight excluding hydrogens is 264 g/mol. The van der Waals surface area contributed by atoms with Gasteiger partial charge in [0.1, 0.15) is 5.58 Å². The maximum Gasteiger partial charge on any atom is 0.372 e. The second kappa shape index (κ2) is 5.21. The summed E-state index contributed by atoms with van der Waals surface area (Å²) >= 11 is 0. The first-order chi connectivity index (χ1) is 9.66. The Labute approximate surface area is 126 Å². The molecule has 3 nitrogen and oxygen atoms in total. The summed E-state index contributed by atoms with van der Waals surface area (Å²) in [6.07, 6.45) is 0.921. The van der Waals surface area contributed by atoms with E-state index in [1.165, 1.54) is 5.56 Å². The number of aromatic carboxylic acids is 1. The van der Waals surface area contributed by atoms with E-state index in [9.17, 15) is 9.90 Å². The number of fused-ring (bicyclic) bond motifs is 1. The molecule has 0 amide bonds. The van der Waals surface area contributed by atoms with Crippen molar-refractivity contribution in [3.8, 4) is 0 Å². The summed E-state index contributed by atoms with van der Waals surface area (Å²) in [6, 6.07) is 4.22. The largest absolute Gasteiger partial charge is 0.475 e. The monoisotopic (exact) mass is 288 g/mol. The molecule has 1 aromatic heterocycles. The standard InChI is InChI=1S/C18H24O3/c1-7-11-8-12-14(10(2)3)16(17(19)20)21-15(12)13(9-11)18(4,5)6/h8-10H,7H2,1-6H3,(H,19,20). The highest BCUT2D eigenvalue weighted by molar-refractivity contribution is 5.97. The first-order valence-corrected chi connectivity index (χ1v) is 7.49. The third kappa shape index (κ3) is 2.69. The lowest BCUT2D eigenvalue weighted by Crippen LogP contribution is -2.12. The van der Waals surface area contributed by atoms with Crippen molar-refractivity contribution in [1.82, 2.24) is 0 Å². The number of benzene rings is 1. The van der Waals surface area contributed by atoms with Crippen molar-refractivity contribution in [3.05, 3.63) is 34.6 Å². The third-order valence-corrected chi connectivity index (χ3v) is 3.88. The highest BCUT2D eigenvalue weighted by Gasteiger charge is 2.27. The fourth-order valence-corrected chi connectivity index (χ4v) is 2.77. The van der Waals surface area contributed by atoms with Crippen LogP contribution in [0, 0.1) is 0 Å². The van der Waals surface area contributed by atoms with Gasteiger partial charge in [-0.2, -0.15) is 0 Å². The summed E-state index contributed by atoms with van der Waals surface area (Å²) in [5, 5.41) is 10.4. The van der Waals surface area contributed by atoms with Crippen LogP contribution in [-0.2, 0) is 11.8 Å². The van der Waals surface area contributed by atoms with Crippen molar-refractivity contribution < 1.29 is 14.3 Å². The molecule has 0 aliphatic carbocycles. The summed E-state index contributed by atoms with van der Waals surface area (Å²) in [5.74, 6) is -0.802. The predicted molar refractivity (Wildman–Crippen MR) is 85.3 cm³/mol. The van der Waals surface area contributed by atoms with Gasteiger partial charge in [-0.3, -0.25) is 0 Å². The van der Waals surface area contributed by atoms with Gasteiger partial charge in [-0.1, -0.05) is 47.6 Å². The molecule has 2 aromatic rings. The SMILES string of the molecule is CCc1cc(C(C)(C)C)c2oc(C(=O)O)c(C(C)C)c2c1. The molecule has 0 spiro atoms. The Morgan fingerprint density at radius 2 is 1.90 bits per heavy atom. The molecule has 0 bridgehead atoms. The van der Waals surface area contributed by atoms with Gasteiger partial charge in [0.2, 0.25) is 5.76 Å². The molecule has 3 heteroatoms. The van der Waals surface area contributed by atoms with Crippen LogP contribution in [-0.4, -0.2) is 11.1 Å². The molecular formula is C18H24O3. The molecule has 0 saturated carbocycles. The zero-order valence-electron chi connectivity index (χ0n) is 13.7. The van der Waals surface area contributed by atoms with Gasteiger partial charge in [0.05, 0.1) is 0 Å². The maximum absolute atomic E-state index is 11.5. The molecule has 0 unspecified atom stereocenters. The number of furan rings is 1. The van der Waals surface area contributed by atoms with Crippen molar-refractivity contribution in [2.75, 3.05) is 0 Å². The van der Waals surface area contributed by atoms with Crippen LogP contribution in [0.1, 0.15) is 74.7 Å². The molecule has 2 rings (SSSR count). The van der Waals surface area contributed by atoms with E-state index >= 15 is 0 Å². The number of aryl methyl sites for hydroxylation is 1. The lowest BCUT2D eigenvalue weighted by molar-refractivity contribution is 0.0662. The average Bonchev–Trinajstić information content (AvgIpc) is 2.75. The minimum atomic E-state index is -0.993. The van der Waals surface area contributed by atoms with E-state index < -0.39 is 5.97 Å². The van der Waals surface area contributed by atoms with Gasteiger partial charge in [-0.05, 0) is 29.4 Å². The predicted octanol–water partition coefficient (Wildman–Crippen LogP) is 5.11. The van der Waals surface area contributed by atoms with E-state index in [2.05, 4.69) is 39.8 Å². The Hall–Kier alpha value is -1.77. The van der Waals surface area contributed by atoms with E-state index in [1.807, 2.05) is 13.8 Å². The molecule has 1 aromatic carbocycles. The summed E-state index contributed by atoms with van der Waals surface area (Å²) in [7, 11) is 0. The Morgan fingerprint density at radius 3 is 2.33 bits per heavy atom. The zero-order valence-corrected chi connectivity index (χ0v) is 13.7. The smallest absolute Gasteiger partial charge is 0.372 e. The maximum atomic E-state index is 11.5. The van der Waals surface area contributed by atoms with Crippen LogP contribution < -0.4 is 0 Å². The molecule has 0 saturated heterocycles. The third-order valence-electron chi connectivity index (χ3n) is 3.88. The quantitative estimate of drug-likeness (QED) is 0.853. The van der Waals surface area contributed by atoms with Crippen LogP contribution in [0.3, 0.4) is 0 Å². The van der Waals surface area contributed by atoms with E-state index in [4.69, 9.17) is 4.42 Å². The van der Waals surface area contributed by atoms with Crippen molar-refractivity contribution in [2.24, 2.45) is 0 Å². The Balaban J connectivity index is 2.94. The van der Waals surface area contributed by atoms with Gasteiger partial charge >= 0.3 is 5.97 Å². The number of carboxylic acids is 1. The van der Waals surface area contributed by atoms with Crippen LogP contribution in [0.25, 0.3) is 11.0 Å². The first-order valence-electron chi connectivity index (χ1n) is 7.49. The van der Waals surface area contributed by atoms with Gasteiger partial charge in [-0.25, -0.2) is 4.79 Å². The van der Waals surface area contributed by atoms with Crippen LogP contribution >= 0.6 is 0 Å². The van der Waals surface area contributed by atoms with Crippen LogP contribution in [0.4, 0.5) is 0 Å². The van der Waals surface area contributed by atoms with Crippen LogP contribution in [0.5, 0.6) is 0 Å². The molecule has 114 valence electrons. The van der Waals surface area contributed by atoms with E-state index in [0.717, 1.165) is 28.5 Å². The summed E-state index contributed by atoms with van der Waals surface area (Å²) in [4.78, 5) is 11.5. The number of hydrogen-bond acceptors (Lipinski definition) is 2. The molecule has 21 heavy (non-hydrogen) atoms. The number of carbonyl (C=O) groups is 1. The van der Waals surface area contributed by atoms with Crippen LogP contribution in [0.2, 0.25) is 0 Å². The molecule has 0 atom stereocenters. The Morgan fingerprint density at radius 1 is 1.29 bits per heavy atom. The number of carboxylic acid groups (broad SMARTS) is 1. The minimum Gasteiger partial charge on any atom is -0.475 e. The molecule has 0 radical (unpaired) electrons. The Kier molecular flexibility index (Phi) is 3.87. The van der Waals surface area contributed by atoms with E-state index in [-0.39, 0.29) is 17.1 Å². The second-order valence-electron chi connectivity index (χ2n) is 6.93. The topological polar surface area (TPSA) is 50.4 Å². The molecule has 1 heterocycles. The lowest BCUT2D eigenvalue weighted by Gasteiger charge is -2.20. The van der Waals surface area contributed by atoms with Crippen molar-refractivity contribution in [3.63, 3.8) is 0 Å². The highest BCUT2D eigenvalue weighted by Crippen LogP contribution is 2.38. The first kappa shape index (κ1) is 15.6. The lowest BCUT2D eigenvalue weighted by atomic mass is 9.83. The molecule has 1 N–H and O–H groups in total.